The van der Waals surface area contributed by atoms with Crippen LogP contribution >= 0.6 is 0 Å². The molecule has 170 valence electrons. The molecule has 1 atom stereocenters. The SMILES string of the molecule is CCNC(=NCc1c(CC)nn(C)c1CC)NC1CCCN(c2cccc(OC)c2)C1. The Morgan fingerprint density at radius 1 is 1.26 bits per heavy atom. The lowest BCUT2D eigenvalue weighted by Crippen LogP contribution is -2.51. The van der Waals surface area contributed by atoms with Crippen molar-refractivity contribution in [1.82, 2.24) is 20.4 Å². The van der Waals surface area contributed by atoms with E-state index >= 15 is 0 Å². The van der Waals surface area contributed by atoms with Crippen molar-refractivity contribution in [2.24, 2.45) is 12.0 Å². The number of guanidine groups is 1. The maximum Gasteiger partial charge on any atom is 0.191 e. The van der Waals surface area contributed by atoms with E-state index in [9.17, 15) is 0 Å². The smallest absolute Gasteiger partial charge is 0.191 e. The average molecular weight is 427 g/mol. The predicted octanol–water partition coefficient (Wildman–Crippen LogP) is 3.28. The van der Waals surface area contributed by atoms with E-state index < -0.39 is 0 Å². The second kappa shape index (κ2) is 11.1. The Balaban J connectivity index is 1.71. The number of aliphatic imine (C=N–C) groups is 1. The molecule has 31 heavy (non-hydrogen) atoms. The van der Waals surface area contributed by atoms with E-state index in [-0.39, 0.29) is 0 Å². The van der Waals surface area contributed by atoms with Crippen LogP contribution in [0.15, 0.2) is 29.3 Å². The average Bonchev–Trinajstić information content (AvgIpc) is 3.12. The number of rotatable bonds is 8. The summed E-state index contributed by atoms with van der Waals surface area (Å²) in [5, 5.41) is 11.8. The summed E-state index contributed by atoms with van der Waals surface area (Å²) in [6, 6.07) is 8.67. The minimum Gasteiger partial charge on any atom is -0.497 e. The molecular weight excluding hydrogens is 388 g/mol. The van der Waals surface area contributed by atoms with Gasteiger partial charge in [-0.2, -0.15) is 5.10 Å². The van der Waals surface area contributed by atoms with Gasteiger partial charge in [-0.15, -0.1) is 0 Å². The minimum absolute atomic E-state index is 0.350. The topological polar surface area (TPSA) is 66.7 Å². The molecule has 0 saturated carbocycles. The predicted molar refractivity (Wildman–Crippen MR) is 128 cm³/mol. The first kappa shape index (κ1) is 23.0. The van der Waals surface area contributed by atoms with Crippen molar-refractivity contribution in [2.75, 3.05) is 31.6 Å². The van der Waals surface area contributed by atoms with Crippen LogP contribution in [0.5, 0.6) is 5.75 Å². The van der Waals surface area contributed by atoms with Crippen LogP contribution in [-0.2, 0) is 26.4 Å². The van der Waals surface area contributed by atoms with Gasteiger partial charge in [-0.25, -0.2) is 4.99 Å². The Morgan fingerprint density at radius 2 is 2.10 bits per heavy atom. The fourth-order valence-corrected chi connectivity index (χ4v) is 4.38. The molecule has 3 rings (SSSR count). The molecule has 1 aliphatic heterocycles. The van der Waals surface area contributed by atoms with Gasteiger partial charge in [0.2, 0.25) is 0 Å². The van der Waals surface area contributed by atoms with E-state index in [4.69, 9.17) is 9.73 Å². The van der Waals surface area contributed by atoms with E-state index in [0.717, 1.165) is 62.7 Å². The van der Waals surface area contributed by atoms with Gasteiger partial charge in [0.15, 0.2) is 5.96 Å². The first-order chi connectivity index (χ1) is 15.1. The second-order valence-corrected chi connectivity index (χ2v) is 8.03. The summed E-state index contributed by atoms with van der Waals surface area (Å²) in [5.74, 6) is 1.78. The molecule has 1 aromatic heterocycles. The highest BCUT2D eigenvalue weighted by Gasteiger charge is 2.21. The summed E-state index contributed by atoms with van der Waals surface area (Å²) in [5.41, 5.74) is 4.91. The van der Waals surface area contributed by atoms with Crippen LogP contribution in [0.3, 0.4) is 0 Å². The van der Waals surface area contributed by atoms with E-state index in [2.05, 4.69) is 59.6 Å². The number of hydrogen-bond acceptors (Lipinski definition) is 4. The van der Waals surface area contributed by atoms with Gasteiger partial charge in [-0.3, -0.25) is 4.68 Å². The number of methoxy groups -OCH3 is 1. The van der Waals surface area contributed by atoms with Crippen molar-refractivity contribution < 1.29 is 4.74 Å². The molecule has 1 saturated heterocycles. The molecule has 2 N–H and O–H groups in total. The number of aromatic nitrogens is 2. The third-order valence-corrected chi connectivity index (χ3v) is 5.95. The number of anilines is 1. The third-order valence-electron chi connectivity index (χ3n) is 5.95. The summed E-state index contributed by atoms with van der Waals surface area (Å²) >= 11 is 0. The zero-order valence-corrected chi connectivity index (χ0v) is 19.7. The van der Waals surface area contributed by atoms with Crippen LogP contribution in [0.25, 0.3) is 0 Å². The highest BCUT2D eigenvalue weighted by atomic mass is 16.5. The van der Waals surface area contributed by atoms with Crippen LogP contribution in [0.1, 0.15) is 50.6 Å². The first-order valence-electron chi connectivity index (χ1n) is 11.6. The van der Waals surface area contributed by atoms with Crippen LogP contribution in [-0.4, -0.2) is 48.5 Å². The maximum atomic E-state index is 5.40. The summed E-state index contributed by atoms with van der Waals surface area (Å²) < 4.78 is 7.42. The van der Waals surface area contributed by atoms with Gasteiger partial charge >= 0.3 is 0 Å². The van der Waals surface area contributed by atoms with Gasteiger partial charge in [0.1, 0.15) is 5.75 Å². The van der Waals surface area contributed by atoms with E-state index in [1.54, 1.807) is 7.11 Å². The molecule has 0 aliphatic carbocycles. The minimum atomic E-state index is 0.350. The standard InChI is InChI=1S/C24H38N6O/c1-6-22-21(23(7-2)29(4)28-22)16-26-24(25-8-3)27-18-11-10-14-30(17-18)19-12-9-13-20(15-19)31-5/h9,12-13,15,18H,6-8,10-11,14,16-17H2,1-5H3,(H2,25,26,27). The van der Waals surface area contributed by atoms with E-state index in [1.165, 1.54) is 16.9 Å². The molecule has 7 heteroatoms. The lowest BCUT2D eigenvalue weighted by molar-refractivity contribution is 0.414. The van der Waals surface area contributed by atoms with Crippen LogP contribution in [0, 0.1) is 0 Å². The van der Waals surface area contributed by atoms with Crippen LogP contribution in [0.2, 0.25) is 0 Å². The number of piperidine rings is 1. The quantitative estimate of drug-likeness (QED) is 0.501. The number of benzene rings is 1. The fraction of sp³-hybridized carbons (Fsp3) is 0.583. The monoisotopic (exact) mass is 426 g/mol. The molecule has 0 amide bonds. The number of ether oxygens (including phenoxy) is 1. The number of aryl methyl sites for hydroxylation is 2. The maximum absolute atomic E-state index is 5.40. The van der Waals surface area contributed by atoms with E-state index in [1.807, 2.05) is 17.8 Å². The molecule has 1 fully saturated rings. The van der Waals surface area contributed by atoms with Gasteiger partial charge in [0.05, 0.1) is 19.3 Å². The Kier molecular flexibility index (Phi) is 8.20. The molecular formula is C24H38N6O. The largest absolute Gasteiger partial charge is 0.497 e. The molecule has 2 heterocycles. The van der Waals surface area contributed by atoms with Crippen molar-refractivity contribution in [3.63, 3.8) is 0 Å². The van der Waals surface area contributed by atoms with Gasteiger partial charge in [0, 0.05) is 55.7 Å². The number of nitrogens with zero attached hydrogens (tertiary/aromatic N) is 4. The first-order valence-corrected chi connectivity index (χ1v) is 11.6. The van der Waals surface area contributed by atoms with Gasteiger partial charge in [-0.1, -0.05) is 19.9 Å². The lowest BCUT2D eigenvalue weighted by Gasteiger charge is -2.35. The molecule has 2 aromatic rings. The van der Waals surface area contributed by atoms with Gasteiger partial charge < -0.3 is 20.3 Å². The Hall–Kier alpha value is -2.70. The summed E-state index contributed by atoms with van der Waals surface area (Å²) in [6.07, 6.45) is 4.19. The molecule has 7 nitrogen and oxygen atoms in total. The summed E-state index contributed by atoms with van der Waals surface area (Å²) in [6.45, 7) is 9.96. The zero-order valence-electron chi connectivity index (χ0n) is 19.7. The van der Waals surface area contributed by atoms with Crippen LogP contribution < -0.4 is 20.3 Å². The second-order valence-electron chi connectivity index (χ2n) is 8.03. The van der Waals surface area contributed by atoms with Gasteiger partial charge in [-0.05, 0) is 44.7 Å². The van der Waals surface area contributed by atoms with Gasteiger partial charge in [0.25, 0.3) is 0 Å². The number of hydrogen-bond donors (Lipinski definition) is 2. The molecule has 1 aliphatic rings. The lowest BCUT2D eigenvalue weighted by atomic mass is 10.0. The Morgan fingerprint density at radius 3 is 2.81 bits per heavy atom. The van der Waals surface area contributed by atoms with Crippen molar-refractivity contribution in [2.45, 2.75) is 59.0 Å². The van der Waals surface area contributed by atoms with E-state index in [0.29, 0.717) is 12.6 Å². The van der Waals surface area contributed by atoms with Crippen LogP contribution in [0.4, 0.5) is 5.69 Å². The molecule has 1 aromatic carbocycles. The highest BCUT2D eigenvalue weighted by molar-refractivity contribution is 5.80. The Labute approximate surface area is 186 Å². The zero-order chi connectivity index (χ0) is 22.2. The molecule has 0 radical (unpaired) electrons. The van der Waals surface area contributed by atoms with Crippen molar-refractivity contribution in [1.29, 1.82) is 0 Å². The fourth-order valence-electron chi connectivity index (χ4n) is 4.38. The normalized spacial score (nSPS) is 17.0. The Bertz CT molecular complexity index is 875. The highest BCUT2D eigenvalue weighted by Crippen LogP contribution is 2.24. The summed E-state index contributed by atoms with van der Waals surface area (Å²) in [4.78, 5) is 7.37. The molecule has 0 spiro atoms. The molecule has 0 bridgehead atoms. The third kappa shape index (κ3) is 5.71. The molecule has 1 unspecified atom stereocenters. The summed E-state index contributed by atoms with van der Waals surface area (Å²) in [7, 11) is 3.75. The van der Waals surface area contributed by atoms with Crippen molar-refractivity contribution in [3.8, 4) is 5.75 Å². The van der Waals surface area contributed by atoms with Crippen molar-refractivity contribution >= 4 is 11.6 Å². The van der Waals surface area contributed by atoms with Crippen molar-refractivity contribution in [3.05, 3.63) is 41.2 Å². The number of nitrogens with one attached hydrogen (secondary N) is 2.